The number of rotatable bonds is 22. The third-order valence-corrected chi connectivity index (χ3v) is 6.18. The second-order valence-corrected chi connectivity index (χ2v) is 9.37. The topological polar surface area (TPSA) is 49.9 Å². The Hall–Kier alpha value is -1.10. The van der Waals surface area contributed by atoms with E-state index in [9.17, 15) is 9.59 Å². The van der Waals surface area contributed by atoms with Gasteiger partial charge in [-0.2, -0.15) is 0 Å². The van der Waals surface area contributed by atoms with E-state index in [0.717, 1.165) is 38.5 Å². The zero-order valence-electron chi connectivity index (χ0n) is 22.1. The largest absolute Gasteiger partial charge is 0.359 e. The van der Waals surface area contributed by atoms with Crippen molar-refractivity contribution in [2.75, 3.05) is 33.8 Å². The zero-order chi connectivity index (χ0) is 24.0. The van der Waals surface area contributed by atoms with Crippen molar-refractivity contribution in [3.05, 3.63) is 0 Å². The third-order valence-electron chi connectivity index (χ3n) is 6.18. The highest BCUT2D eigenvalue weighted by molar-refractivity contribution is 6.03. The van der Waals surface area contributed by atoms with Crippen molar-refractivity contribution in [3.8, 4) is 0 Å². The number of hydrogen-bond donors (Lipinski definition) is 0. The highest BCUT2D eigenvalue weighted by Gasteiger charge is 2.32. The van der Waals surface area contributed by atoms with E-state index in [1.165, 1.54) is 64.2 Å². The number of unbranched alkanes of at least 4 members (excludes halogenated alkanes) is 13. The molecule has 0 spiro atoms. The molecule has 0 atom stereocenters. The minimum absolute atomic E-state index is 0.203. The highest BCUT2D eigenvalue weighted by atomic mass is 16.5. The summed E-state index contributed by atoms with van der Waals surface area (Å²) in [5.41, 5.74) is 0. The Balaban J connectivity index is 4.21. The summed E-state index contributed by atoms with van der Waals surface area (Å²) < 4.78 is 5.88. The van der Waals surface area contributed by atoms with Crippen LogP contribution in [0.3, 0.4) is 0 Å². The average Bonchev–Trinajstić information content (AvgIpc) is 2.80. The molecule has 0 aliphatic carbocycles. The lowest BCUT2D eigenvalue weighted by molar-refractivity contribution is -0.156. The molecular weight excluding hydrogens is 400 g/mol. The van der Waals surface area contributed by atoms with Gasteiger partial charge in [-0.3, -0.25) is 9.59 Å². The van der Waals surface area contributed by atoms with Gasteiger partial charge in [0, 0.05) is 33.8 Å². The van der Waals surface area contributed by atoms with Gasteiger partial charge < -0.3 is 14.5 Å². The molecule has 190 valence electrons. The van der Waals surface area contributed by atoms with E-state index in [4.69, 9.17) is 4.74 Å². The van der Waals surface area contributed by atoms with Gasteiger partial charge in [0.05, 0.1) is 0 Å². The molecule has 0 saturated heterocycles. The summed E-state index contributed by atoms with van der Waals surface area (Å²) in [5, 5.41) is 0. The number of nitrogens with zero attached hydrogens (tertiary/aromatic N) is 2. The molecule has 0 aliphatic rings. The Labute approximate surface area is 199 Å². The molecule has 32 heavy (non-hydrogen) atoms. The van der Waals surface area contributed by atoms with Crippen LogP contribution in [0.1, 0.15) is 124 Å². The molecule has 0 heterocycles. The van der Waals surface area contributed by atoms with Crippen LogP contribution in [0.15, 0.2) is 0 Å². The first kappa shape index (κ1) is 30.9. The maximum Gasteiger partial charge on any atom is 0.261 e. The van der Waals surface area contributed by atoms with Crippen LogP contribution >= 0.6 is 0 Å². The molecule has 0 fully saturated rings. The summed E-state index contributed by atoms with van der Waals surface area (Å²) in [4.78, 5) is 29.1. The van der Waals surface area contributed by atoms with Crippen molar-refractivity contribution in [2.24, 2.45) is 0 Å². The molecule has 0 aliphatic heterocycles. The molecule has 0 bridgehead atoms. The lowest BCUT2D eigenvalue weighted by Crippen LogP contribution is -2.48. The summed E-state index contributed by atoms with van der Waals surface area (Å²) >= 11 is 0. The Kier molecular flexibility index (Phi) is 21.0. The Morgan fingerprint density at radius 2 is 0.906 bits per heavy atom. The van der Waals surface area contributed by atoms with Crippen LogP contribution in [0, 0.1) is 0 Å². The molecule has 0 aromatic heterocycles. The number of carbonyl (C=O) groups is 2. The molecule has 0 rings (SSSR count). The van der Waals surface area contributed by atoms with E-state index in [1.807, 2.05) is 0 Å². The number of amides is 2. The quantitative estimate of drug-likeness (QED) is 0.137. The first-order valence-corrected chi connectivity index (χ1v) is 13.6. The molecule has 2 amide bonds. The summed E-state index contributed by atoms with van der Waals surface area (Å²) in [7, 11) is 3.55. The second kappa shape index (κ2) is 21.7. The van der Waals surface area contributed by atoms with Crippen LogP contribution in [0.2, 0.25) is 0 Å². The van der Waals surface area contributed by atoms with Gasteiger partial charge in [-0.15, -0.1) is 0 Å². The van der Waals surface area contributed by atoms with Gasteiger partial charge >= 0.3 is 0 Å². The number of ether oxygens (including phenoxy) is 1. The van der Waals surface area contributed by atoms with Gasteiger partial charge in [0.25, 0.3) is 11.8 Å². The lowest BCUT2D eigenvalue weighted by Gasteiger charge is -2.27. The first-order valence-electron chi connectivity index (χ1n) is 13.6. The van der Waals surface area contributed by atoms with E-state index in [2.05, 4.69) is 20.8 Å². The van der Waals surface area contributed by atoms with Gasteiger partial charge in [0.2, 0.25) is 6.10 Å². The molecule has 0 saturated carbocycles. The smallest absolute Gasteiger partial charge is 0.261 e. The van der Waals surface area contributed by atoms with Crippen molar-refractivity contribution in [2.45, 2.75) is 130 Å². The van der Waals surface area contributed by atoms with Gasteiger partial charge in [-0.25, -0.2) is 0 Å². The van der Waals surface area contributed by atoms with Crippen LogP contribution < -0.4 is 0 Å². The van der Waals surface area contributed by atoms with E-state index in [0.29, 0.717) is 19.7 Å². The zero-order valence-corrected chi connectivity index (χ0v) is 22.1. The normalized spacial score (nSPS) is 11.2. The molecule has 5 heteroatoms. The molecule has 0 aromatic rings. The fraction of sp³-hybridized carbons (Fsp3) is 0.926. The fourth-order valence-electron chi connectivity index (χ4n) is 3.80. The van der Waals surface area contributed by atoms with E-state index >= 15 is 0 Å². The van der Waals surface area contributed by atoms with E-state index in [1.54, 1.807) is 23.9 Å². The van der Waals surface area contributed by atoms with Crippen LogP contribution in [0.4, 0.5) is 0 Å². The number of hydrogen-bond acceptors (Lipinski definition) is 3. The van der Waals surface area contributed by atoms with Crippen LogP contribution in [0.25, 0.3) is 0 Å². The van der Waals surface area contributed by atoms with Crippen LogP contribution in [-0.2, 0) is 14.3 Å². The Morgan fingerprint density at radius 3 is 1.28 bits per heavy atom. The SMILES string of the molecule is CCCCCCCCCCCCCCOC(C(=O)N(C)CCCC)C(=O)N(C)CCCC. The third kappa shape index (κ3) is 15.7. The minimum Gasteiger partial charge on any atom is -0.359 e. The summed E-state index contributed by atoms with van der Waals surface area (Å²) in [6.07, 6.45) is 18.3. The number of likely N-dealkylation sites (N-methyl/N-ethyl adjacent to an activating group) is 2. The highest BCUT2D eigenvalue weighted by Crippen LogP contribution is 2.13. The summed E-state index contributed by atoms with van der Waals surface area (Å²) in [6.45, 7) is 8.27. The Morgan fingerprint density at radius 1 is 0.562 bits per heavy atom. The van der Waals surface area contributed by atoms with E-state index in [-0.39, 0.29) is 11.8 Å². The monoisotopic (exact) mass is 454 g/mol. The second-order valence-electron chi connectivity index (χ2n) is 9.37. The standard InChI is InChI=1S/C27H54N2O3/c1-6-9-12-13-14-15-16-17-18-19-20-21-24-32-25(26(30)28(4)22-10-7-2)27(31)29(5)23-11-8-3/h25H,6-24H2,1-5H3. The molecule has 0 radical (unpaired) electrons. The summed E-state index contributed by atoms with van der Waals surface area (Å²) in [6, 6.07) is 0. The van der Waals surface area contributed by atoms with E-state index < -0.39 is 6.10 Å². The van der Waals surface area contributed by atoms with Crippen LogP contribution in [0.5, 0.6) is 0 Å². The van der Waals surface area contributed by atoms with Crippen LogP contribution in [-0.4, -0.2) is 61.5 Å². The molecule has 0 aromatic carbocycles. The van der Waals surface area contributed by atoms with Crippen molar-refractivity contribution in [3.63, 3.8) is 0 Å². The van der Waals surface area contributed by atoms with Gasteiger partial charge in [0.15, 0.2) is 0 Å². The minimum atomic E-state index is -0.994. The first-order chi connectivity index (χ1) is 15.5. The summed E-state index contributed by atoms with van der Waals surface area (Å²) in [5.74, 6) is -0.406. The predicted octanol–water partition coefficient (Wildman–Crippen LogP) is 6.59. The van der Waals surface area contributed by atoms with Crippen molar-refractivity contribution in [1.29, 1.82) is 0 Å². The maximum atomic E-state index is 12.9. The van der Waals surface area contributed by atoms with Gasteiger partial charge in [-0.1, -0.05) is 104 Å². The van der Waals surface area contributed by atoms with Gasteiger partial charge in [0.1, 0.15) is 0 Å². The molecular formula is C27H54N2O3. The van der Waals surface area contributed by atoms with Crippen molar-refractivity contribution < 1.29 is 14.3 Å². The number of carbonyl (C=O) groups excluding carboxylic acids is 2. The van der Waals surface area contributed by atoms with Gasteiger partial charge in [-0.05, 0) is 19.3 Å². The molecule has 0 unspecified atom stereocenters. The Bertz CT molecular complexity index is 430. The molecule has 0 N–H and O–H groups in total. The average molecular weight is 455 g/mol. The fourth-order valence-corrected chi connectivity index (χ4v) is 3.80. The predicted molar refractivity (Wildman–Crippen MR) is 136 cm³/mol. The maximum absolute atomic E-state index is 12.9. The lowest BCUT2D eigenvalue weighted by atomic mass is 10.1. The van der Waals surface area contributed by atoms with Crippen molar-refractivity contribution in [1.82, 2.24) is 9.80 Å². The van der Waals surface area contributed by atoms with Crippen molar-refractivity contribution >= 4 is 11.8 Å². The molecule has 5 nitrogen and oxygen atoms in total.